The van der Waals surface area contributed by atoms with Gasteiger partial charge in [-0.2, -0.15) is 0 Å². The highest BCUT2D eigenvalue weighted by molar-refractivity contribution is 5.87. The van der Waals surface area contributed by atoms with E-state index in [0.29, 0.717) is 0 Å². The van der Waals surface area contributed by atoms with Crippen molar-refractivity contribution < 1.29 is 4.79 Å². The Morgan fingerprint density at radius 3 is 2.85 bits per heavy atom. The lowest BCUT2D eigenvalue weighted by Crippen LogP contribution is -2.42. The first-order chi connectivity index (χ1) is 9.74. The maximum Gasteiger partial charge on any atom is 0.242 e. The zero-order chi connectivity index (χ0) is 14.4. The lowest BCUT2D eigenvalue weighted by molar-refractivity contribution is -0.121. The highest BCUT2D eigenvalue weighted by atomic mass is 16.2. The molecule has 1 atom stereocenters. The van der Waals surface area contributed by atoms with Gasteiger partial charge in [0.05, 0.1) is 0 Å². The van der Waals surface area contributed by atoms with Gasteiger partial charge in [-0.15, -0.1) is 0 Å². The monoisotopic (exact) mass is 275 g/mol. The van der Waals surface area contributed by atoms with Crippen LogP contribution in [0.2, 0.25) is 0 Å². The number of likely N-dealkylation sites (N-methyl/N-ethyl adjacent to an activating group) is 1. The van der Waals surface area contributed by atoms with Crippen LogP contribution in [0.5, 0.6) is 0 Å². The molecule has 1 aliphatic heterocycles. The summed E-state index contributed by atoms with van der Waals surface area (Å²) < 4.78 is 0. The molecule has 1 aromatic rings. The van der Waals surface area contributed by atoms with E-state index in [4.69, 9.17) is 0 Å². The Morgan fingerprint density at radius 1 is 1.35 bits per heavy atom. The van der Waals surface area contributed by atoms with Crippen LogP contribution in [0.25, 0.3) is 0 Å². The average molecular weight is 275 g/mol. The van der Waals surface area contributed by atoms with Crippen LogP contribution in [0.3, 0.4) is 0 Å². The van der Waals surface area contributed by atoms with Crippen molar-refractivity contribution in [2.75, 3.05) is 31.5 Å². The molecule has 0 aliphatic carbocycles. The summed E-state index contributed by atoms with van der Waals surface area (Å²) in [7, 11) is 0. The van der Waals surface area contributed by atoms with E-state index in [9.17, 15) is 4.79 Å². The molecule has 0 bridgehead atoms. The summed E-state index contributed by atoms with van der Waals surface area (Å²) in [6, 6.07) is 8.01. The largest absolute Gasteiger partial charge is 0.373 e. The first kappa shape index (κ1) is 14.9. The van der Waals surface area contributed by atoms with Crippen LogP contribution in [0.15, 0.2) is 24.3 Å². The van der Waals surface area contributed by atoms with Crippen LogP contribution in [0.1, 0.15) is 25.8 Å². The minimum Gasteiger partial charge on any atom is -0.373 e. The summed E-state index contributed by atoms with van der Waals surface area (Å²) >= 11 is 0. The van der Waals surface area contributed by atoms with E-state index in [1.54, 1.807) is 0 Å². The van der Waals surface area contributed by atoms with Crippen molar-refractivity contribution in [3.63, 3.8) is 0 Å². The van der Waals surface area contributed by atoms with E-state index in [0.717, 1.165) is 44.7 Å². The zero-order valence-electron chi connectivity index (χ0n) is 12.5. The normalized spacial score (nSPS) is 16.9. The molecule has 1 amide bonds. The molecule has 4 heteroatoms. The predicted molar refractivity (Wildman–Crippen MR) is 83.0 cm³/mol. The van der Waals surface area contributed by atoms with Crippen LogP contribution in [-0.2, 0) is 11.2 Å². The highest BCUT2D eigenvalue weighted by Crippen LogP contribution is 2.24. The molecule has 1 aliphatic rings. The fraction of sp³-hybridized carbons (Fsp3) is 0.562. The summed E-state index contributed by atoms with van der Waals surface area (Å²) in [4.78, 5) is 14.5. The summed E-state index contributed by atoms with van der Waals surface area (Å²) in [6.45, 7) is 8.13. The quantitative estimate of drug-likeness (QED) is 0.798. The molecule has 0 spiro atoms. The lowest BCUT2D eigenvalue weighted by Gasteiger charge is -2.20. The van der Waals surface area contributed by atoms with Crippen LogP contribution in [0, 0.1) is 0 Å². The highest BCUT2D eigenvalue weighted by Gasteiger charge is 2.25. The second-order valence-corrected chi connectivity index (χ2v) is 5.28. The van der Waals surface area contributed by atoms with Gasteiger partial charge in [-0.25, -0.2) is 0 Å². The molecule has 0 aromatic heterocycles. The van der Waals surface area contributed by atoms with Crippen molar-refractivity contribution in [2.45, 2.75) is 32.7 Å². The van der Waals surface area contributed by atoms with E-state index in [1.807, 2.05) is 18.2 Å². The van der Waals surface area contributed by atoms with Crippen LogP contribution >= 0.6 is 0 Å². The molecular weight excluding hydrogens is 250 g/mol. The Labute approximate surface area is 121 Å². The smallest absolute Gasteiger partial charge is 0.242 e. The van der Waals surface area contributed by atoms with E-state index in [1.165, 1.54) is 5.56 Å². The molecule has 0 saturated heterocycles. The molecule has 0 saturated carbocycles. The maximum atomic E-state index is 12.1. The SMILES string of the molecule is CCCN(CC)CCNC(=O)[C@@H]1Cc2ccccc2N1. The first-order valence-electron chi connectivity index (χ1n) is 7.59. The number of benzene rings is 1. The minimum absolute atomic E-state index is 0.105. The standard InChI is InChI=1S/C16H25N3O/c1-3-10-19(4-2)11-9-17-16(20)15-12-13-7-5-6-8-14(13)18-15/h5-8,15,18H,3-4,9-12H2,1-2H3,(H,17,20)/t15-/m0/s1. The fourth-order valence-electron chi connectivity index (χ4n) is 2.66. The topological polar surface area (TPSA) is 44.4 Å². The first-order valence-corrected chi connectivity index (χ1v) is 7.59. The second kappa shape index (κ2) is 7.29. The number of carbonyl (C=O) groups is 1. The van der Waals surface area contributed by atoms with E-state index in [2.05, 4.69) is 35.4 Å². The van der Waals surface area contributed by atoms with Crippen molar-refractivity contribution in [2.24, 2.45) is 0 Å². The van der Waals surface area contributed by atoms with Crippen LogP contribution < -0.4 is 10.6 Å². The number of anilines is 1. The molecule has 2 rings (SSSR count). The Balaban J connectivity index is 1.74. The number of carbonyl (C=O) groups excluding carboxylic acids is 1. The van der Waals surface area contributed by atoms with Gasteiger partial charge < -0.3 is 15.5 Å². The summed E-state index contributed by atoms with van der Waals surface area (Å²) in [5.74, 6) is 0.105. The van der Waals surface area contributed by atoms with Crippen LogP contribution in [0.4, 0.5) is 5.69 Å². The van der Waals surface area contributed by atoms with Crippen molar-refractivity contribution in [3.8, 4) is 0 Å². The van der Waals surface area contributed by atoms with E-state index < -0.39 is 0 Å². The van der Waals surface area contributed by atoms with E-state index >= 15 is 0 Å². The number of amides is 1. The number of nitrogens with zero attached hydrogens (tertiary/aromatic N) is 1. The van der Waals surface area contributed by atoms with Gasteiger partial charge in [0, 0.05) is 25.2 Å². The third kappa shape index (κ3) is 3.73. The number of rotatable bonds is 7. The second-order valence-electron chi connectivity index (χ2n) is 5.28. The number of nitrogens with one attached hydrogen (secondary N) is 2. The van der Waals surface area contributed by atoms with Crippen molar-refractivity contribution >= 4 is 11.6 Å². The zero-order valence-corrected chi connectivity index (χ0v) is 12.5. The van der Waals surface area contributed by atoms with Gasteiger partial charge in [-0.3, -0.25) is 4.79 Å². The molecule has 1 heterocycles. The molecule has 0 fully saturated rings. The summed E-state index contributed by atoms with van der Waals surface area (Å²) in [5, 5.41) is 6.33. The molecular formula is C16H25N3O. The third-order valence-electron chi connectivity index (χ3n) is 3.80. The Morgan fingerprint density at radius 2 is 2.15 bits per heavy atom. The number of para-hydroxylation sites is 1. The van der Waals surface area contributed by atoms with Gasteiger partial charge in [0.25, 0.3) is 0 Å². The van der Waals surface area contributed by atoms with Gasteiger partial charge in [0.2, 0.25) is 5.91 Å². The molecule has 110 valence electrons. The molecule has 0 radical (unpaired) electrons. The minimum atomic E-state index is -0.117. The number of hydrogen-bond acceptors (Lipinski definition) is 3. The average Bonchev–Trinajstić information content (AvgIpc) is 2.90. The Hall–Kier alpha value is -1.55. The van der Waals surface area contributed by atoms with Crippen molar-refractivity contribution in [3.05, 3.63) is 29.8 Å². The summed E-state index contributed by atoms with van der Waals surface area (Å²) in [6.07, 6.45) is 1.94. The fourth-order valence-corrected chi connectivity index (χ4v) is 2.66. The number of hydrogen-bond donors (Lipinski definition) is 2. The summed E-state index contributed by atoms with van der Waals surface area (Å²) in [5.41, 5.74) is 2.32. The number of fused-ring (bicyclic) bond motifs is 1. The van der Waals surface area contributed by atoms with E-state index in [-0.39, 0.29) is 11.9 Å². The van der Waals surface area contributed by atoms with Gasteiger partial charge in [-0.05, 0) is 31.1 Å². The maximum absolute atomic E-state index is 12.1. The molecule has 1 aromatic carbocycles. The lowest BCUT2D eigenvalue weighted by atomic mass is 10.1. The molecule has 20 heavy (non-hydrogen) atoms. The Kier molecular flexibility index (Phi) is 5.41. The van der Waals surface area contributed by atoms with Crippen LogP contribution in [-0.4, -0.2) is 43.0 Å². The Bertz CT molecular complexity index is 422. The van der Waals surface area contributed by atoms with Gasteiger partial charge in [0.1, 0.15) is 6.04 Å². The van der Waals surface area contributed by atoms with Gasteiger partial charge in [0.15, 0.2) is 0 Å². The van der Waals surface area contributed by atoms with Crippen molar-refractivity contribution in [1.82, 2.24) is 10.2 Å². The third-order valence-corrected chi connectivity index (χ3v) is 3.80. The van der Waals surface area contributed by atoms with Gasteiger partial charge in [-0.1, -0.05) is 32.0 Å². The van der Waals surface area contributed by atoms with Crippen molar-refractivity contribution in [1.29, 1.82) is 0 Å². The van der Waals surface area contributed by atoms with Gasteiger partial charge >= 0.3 is 0 Å². The predicted octanol–water partition coefficient (Wildman–Crippen LogP) is 1.87. The molecule has 0 unspecified atom stereocenters. The molecule has 2 N–H and O–H groups in total. The molecule has 4 nitrogen and oxygen atoms in total.